The number of rotatable bonds is 7. The summed E-state index contributed by atoms with van der Waals surface area (Å²) in [5.41, 5.74) is 0.717. The molecule has 28 heavy (non-hydrogen) atoms. The maximum Gasteiger partial charge on any atom is 0.270 e. The number of nitrogens with zero attached hydrogens (tertiary/aromatic N) is 1. The zero-order valence-electron chi connectivity index (χ0n) is 15.0. The highest BCUT2D eigenvalue weighted by Crippen LogP contribution is 2.30. The number of hydrogen-bond donors (Lipinski definition) is 1. The molecule has 3 rings (SSSR count). The standard InChI is InChI=1S/C20H17ClF2N2O2S/c1-2-8-24-19(26)18-11-28-20(25-18)13-7-6-12(9-17(13)23)27-10-14-15(21)4-3-5-16(14)22/h3-7,9,11H,2,8,10H2,1H3,(H,24,26). The Morgan fingerprint density at radius 3 is 2.79 bits per heavy atom. The summed E-state index contributed by atoms with van der Waals surface area (Å²) in [5.74, 6) is -1.09. The van der Waals surface area contributed by atoms with Crippen LogP contribution >= 0.6 is 22.9 Å². The third-order valence-corrected chi connectivity index (χ3v) is 5.12. The van der Waals surface area contributed by atoms with E-state index in [-0.39, 0.29) is 40.1 Å². The van der Waals surface area contributed by atoms with E-state index in [1.165, 1.54) is 35.6 Å². The Hall–Kier alpha value is -2.51. The fourth-order valence-corrected chi connectivity index (χ4v) is 3.46. The lowest BCUT2D eigenvalue weighted by atomic mass is 10.2. The first-order chi connectivity index (χ1) is 13.5. The van der Waals surface area contributed by atoms with E-state index in [0.717, 1.165) is 6.42 Å². The molecule has 0 aliphatic heterocycles. The van der Waals surface area contributed by atoms with Gasteiger partial charge in [0.25, 0.3) is 5.91 Å². The maximum absolute atomic E-state index is 14.5. The molecule has 0 aliphatic rings. The van der Waals surface area contributed by atoms with Gasteiger partial charge in [0.15, 0.2) is 0 Å². The lowest BCUT2D eigenvalue weighted by Crippen LogP contribution is -2.24. The Kier molecular flexibility index (Phi) is 6.59. The second-order valence-corrected chi connectivity index (χ2v) is 7.19. The summed E-state index contributed by atoms with van der Waals surface area (Å²) in [4.78, 5) is 16.1. The van der Waals surface area contributed by atoms with Gasteiger partial charge in [-0.3, -0.25) is 4.79 Å². The molecule has 0 bridgehead atoms. The topological polar surface area (TPSA) is 51.2 Å². The summed E-state index contributed by atoms with van der Waals surface area (Å²) < 4.78 is 33.8. The van der Waals surface area contributed by atoms with Gasteiger partial charge >= 0.3 is 0 Å². The zero-order valence-corrected chi connectivity index (χ0v) is 16.5. The molecule has 0 spiro atoms. The number of nitrogens with one attached hydrogen (secondary N) is 1. The van der Waals surface area contributed by atoms with Crippen LogP contribution in [0.3, 0.4) is 0 Å². The molecular weight excluding hydrogens is 406 g/mol. The maximum atomic E-state index is 14.5. The molecule has 0 saturated heterocycles. The van der Waals surface area contributed by atoms with Crippen LogP contribution in [0.5, 0.6) is 5.75 Å². The average Bonchev–Trinajstić information content (AvgIpc) is 3.16. The first kappa shape index (κ1) is 20.2. The van der Waals surface area contributed by atoms with E-state index >= 15 is 0 Å². The van der Waals surface area contributed by atoms with E-state index in [4.69, 9.17) is 16.3 Å². The molecule has 3 aromatic rings. The molecule has 0 aliphatic carbocycles. The number of benzene rings is 2. The molecule has 1 N–H and O–H groups in total. The van der Waals surface area contributed by atoms with Crippen LogP contribution in [0.25, 0.3) is 10.6 Å². The van der Waals surface area contributed by atoms with Crippen molar-refractivity contribution in [2.45, 2.75) is 20.0 Å². The van der Waals surface area contributed by atoms with E-state index in [1.54, 1.807) is 17.5 Å². The van der Waals surface area contributed by atoms with Crippen LogP contribution in [-0.2, 0) is 6.61 Å². The van der Waals surface area contributed by atoms with Crippen LogP contribution in [0.2, 0.25) is 5.02 Å². The number of halogens is 3. The van der Waals surface area contributed by atoms with Crippen molar-refractivity contribution in [2.75, 3.05) is 6.54 Å². The minimum atomic E-state index is -0.549. The third kappa shape index (κ3) is 4.66. The lowest BCUT2D eigenvalue weighted by Gasteiger charge is -2.09. The van der Waals surface area contributed by atoms with Gasteiger partial charge < -0.3 is 10.1 Å². The predicted octanol–water partition coefficient (Wildman–Crippen LogP) is 5.46. The first-order valence-corrected chi connectivity index (χ1v) is 9.84. The van der Waals surface area contributed by atoms with Gasteiger partial charge in [-0.25, -0.2) is 13.8 Å². The number of amides is 1. The monoisotopic (exact) mass is 422 g/mol. The van der Waals surface area contributed by atoms with E-state index in [0.29, 0.717) is 11.6 Å². The molecule has 0 fully saturated rings. The first-order valence-electron chi connectivity index (χ1n) is 8.59. The summed E-state index contributed by atoms with van der Waals surface area (Å²) in [6, 6.07) is 8.61. The van der Waals surface area contributed by atoms with Gasteiger partial charge in [0.05, 0.1) is 5.02 Å². The normalized spacial score (nSPS) is 10.7. The van der Waals surface area contributed by atoms with Gasteiger partial charge in [-0.1, -0.05) is 24.6 Å². The van der Waals surface area contributed by atoms with Crippen LogP contribution < -0.4 is 10.1 Å². The minimum Gasteiger partial charge on any atom is -0.489 e. The summed E-state index contributed by atoms with van der Waals surface area (Å²) >= 11 is 7.14. The number of carbonyl (C=O) groups excluding carboxylic acids is 1. The molecule has 2 aromatic carbocycles. The van der Waals surface area contributed by atoms with Gasteiger partial charge in [0, 0.05) is 29.1 Å². The van der Waals surface area contributed by atoms with Crippen molar-refractivity contribution in [3.05, 3.63) is 69.7 Å². The molecular formula is C20H17ClF2N2O2S. The minimum absolute atomic E-state index is 0.122. The van der Waals surface area contributed by atoms with Crippen molar-refractivity contribution in [2.24, 2.45) is 0 Å². The van der Waals surface area contributed by atoms with Crippen LogP contribution in [0, 0.1) is 11.6 Å². The molecule has 0 radical (unpaired) electrons. The highest BCUT2D eigenvalue weighted by atomic mass is 35.5. The smallest absolute Gasteiger partial charge is 0.270 e. The van der Waals surface area contributed by atoms with Crippen molar-refractivity contribution in [1.29, 1.82) is 0 Å². The highest BCUT2D eigenvalue weighted by molar-refractivity contribution is 7.13. The van der Waals surface area contributed by atoms with Crippen LogP contribution in [0.4, 0.5) is 8.78 Å². The molecule has 1 heterocycles. The summed E-state index contributed by atoms with van der Waals surface area (Å²) in [6.07, 6.45) is 0.816. The van der Waals surface area contributed by atoms with Gasteiger partial charge in [0.1, 0.15) is 34.7 Å². The quantitative estimate of drug-likeness (QED) is 0.550. The van der Waals surface area contributed by atoms with Crippen molar-refractivity contribution in [3.63, 3.8) is 0 Å². The molecule has 0 saturated carbocycles. The zero-order chi connectivity index (χ0) is 20.1. The fourth-order valence-electron chi connectivity index (χ4n) is 2.42. The van der Waals surface area contributed by atoms with Crippen molar-refractivity contribution in [3.8, 4) is 16.3 Å². The van der Waals surface area contributed by atoms with Gasteiger partial charge in [0.2, 0.25) is 0 Å². The molecule has 4 nitrogen and oxygen atoms in total. The largest absolute Gasteiger partial charge is 0.489 e. The van der Waals surface area contributed by atoms with Crippen molar-refractivity contribution >= 4 is 28.8 Å². The second-order valence-electron chi connectivity index (χ2n) is 5.92. The molecule has 146 valence electrons. The highest BCUT2D eigenvalue weighted by Gasteiger charge is 2.15. The summed E-state index contributed by atoms with van der Waals surface area (Å²) in [6.45, 7) is 2.38. The number of thiazole rings is 1. The Bertz CT molecular complexity index is 974. The molecule has 8 heteroatoms. The predicted molar refractivity (Wildman–Crippen MR) is 106 cm³/mol. The van der Waals surface area contributed by atoms with E-state index in [2.05, 4.69) is 10.3 Å². The third-order valence-electron chi connectivity index (χ3n) is 3.89. The molecule has 0 unspecified atom stereocenters. The lowest BCUT2D eigenvalue weighted by molar-refractivity contribution is 0.0949. The van der Waals surface area contributed by atoms with Gasteiger partial charge in [-0.2, -0.15) is 0 Å². The number of aromatic nitrogens is 1. The Morgan fingerprint density at radius 2 is 2.07 bits per heavy atom. The number of carbonyl (C=O) groups is 1. The van der Waals surface area contributed by atoms with Crippen LogP contribution in [0.1, 0.15) is 29.4 Å². The summed E-state index contributed by atoms with van der Waals surface area (Å²) in [7, 11) is 0. The SMILES string of the molecule is CCCNC(=O)c1csc(-c2ccc(OCc3c(F)cccc3Cl)cc2F)n1. The van der Waals surface area contributed by atoms with Crippen molar-refractivity contribution in [1.82, 2.24) is 10.3 Å². The molecule has 0 atom stereocenters. The Morgan fingerprint density at radius 1 is 1.25 bits per heavy atom. The second kappa shape index (κ2) is 9.12. The van der Waals surface area contributed by atoms with E-state index < -0.39 is 11.6 Å². The van der Waals surface area contributed by atoms with Crippen LogP contribution in [0.15, 0.2) is 41.8 Å². The Labute approximate surface area is 170 Å². The average molecular weight is 423 g/mol. The number of hydrogen-bond acceptors (Lipinski definition) is 4. The fraction of sp³-hybridized carbons (Fsp3) is 0.200. The molecule has 1 amide bonds. The Balaban J connectivity index is 1.72. The molecule has 1 aromatic heterocycles. The van der Waals surface area contributed by atoms with E-state index in [1.807, 2.05) is 6.92 Å². The summed E-state index contributed by atoms with van der Waals surface area (Å²) in [5, 5.41) is 4.95. The number of ether oxygens (including phenoxy) is 1. The van der Waals surface area contributed by atoms with Crippen molar-refractivity contribution < 1.29 is 18.3 Å². The van der Waals surface area contributed by atoms with Crippen LogP contribution in [-0.4, -0.2) is 17.4 Å². The van der Waals surface area contributed by atoms with Gasteiger partial charge in [-0.05, 0) is 30.7 Å². The van der Waals surface area contributed by atoms with Gasteiger partial charge in [-0.15, -0.1) is 11.3 Å². The van der Waals surface area contributed by atoms with E-state index in [9.17, 15) is 13.6 Å².